The lowest BCUT2D eigenvalue weighted by molar-refractivity contribution is 0.256. The van der Waals surface area contributed by atoms with Crippen LogP contribution < -0.4 is 9.47 Å². The van der Waals surface area contributed by atoms with Crippen LogP contribution in [0.4, 0.5) is 0 Å². The number of fused-ring (bicyclic) bond motifs is 8. The van der Waals surface area contributed by atoms with Gasteiger partial charge in [0.15, 0.2) is 0 Å². The molecule has 0 amide bonds. The summed E-state index contributed by atoms with van der Waals surface area (Å²) >= 11 is 0. The number of aromatic hydroxyl groups is 2. The second kappa shape index (κ2) is 26.1. The van der Waals surface area contributed by atoms with Crippen LogP contribution in [0.3, 0.4) is 0 Å². The molecule has 0 fully saturated rings. The van der Waals surface area contributed by atoms with Crippen molar-refractivity contribution in [3.63, 3.8) is 0 Å². The van der Waals surface area contributed by atoms with Gasteiger partial charge in [-0.25, -0.2) is 0 Å². The molecular weight excluding hydrogens is 989 g/mol. The van der Waals surface area contributed by atoms with Gasteiger partial charge in [-0.1, -0.05) is 146 Å². The maximum atomic E-state index is 12.7. The summed E-state index contributed by atoms with van der Waals surface area (Å²) in [7, 11) is 0. The summed E-state index contributed by atoms with van der Waals surface area (Å²) in [5.74, 6) is 1.97. The molecule has 2 N–H and O–H groups in total. The van der Waals surface area contributed by atoms with Gasteiger partial charge in [-0.15, -0.1) is 0 Å². The molecule has 400 valence electrons. The number of rotatable bonds is 20. The normalized spacial score (nSPS) is 12.1. The smallest absolute Gasteiger partial charge is 0.126 e. The first-order valence-electron chi connectivity index (χ1n) is 27.7. The fraction of sp³-hybridized carbons (Fsp3) is 0.200. The van der Waals surface area contributed by atoms with E-state index >= 15 is 0 Å². The zero-order valence-corrected chi connectivity index (χ0v) is 45.1. The van der Waals surface area contributed by atoms with Crippen molar-refractivity contribution in [2.75, 3.05) is 13.1 Å². The van der Waals surface area contributed by atoms with E-state index < -0.39 is 0 Å². The van der Waals surface area contributed by atoms with Crippen LogP contribution in [0.25, 0.3) is 0 Å². The zero-order chi connectivity index (χ0) is 54.3. The monoisotopic (exact) mass is 1050 g/mol. The molecule has 10 heteroatoms. The van der Waals surface area contributed by atoms with Crippen molar-refractivity contribution in [1.82, 2.24) is 29.7 Å². The van der Waals surface area contributed by atoms with Crippen LogP contribution in [0, 0.1) is 0 Å². The van der Waals surface area contributed by atoms with Crippen molar-refractivity contribution in [2.45, 2.75) is 77.9 Å². The summed E-state index contributed by atoms with van der Waals surface area (Å²) in [4.78, 5) is 23.6. The molecule has 0 atom stereocenters. The van der Waals surface area contributed by atoms with Crippen molar-refractivity contribution in [2.24, 2.45) is 0 Å². The van der Waals surface area contributed by atoms with Crippen molar-refractivity contribution in [1.29, 1.82) is 0 Å². The average molecular weight is 1060 g/mol. The number of phenolic OH excluding ortho intramolecular Hbond substituents is 2. The molecule has 0 spiro atoms. The molecule has 10 aromatic rings. The highest BCUT2D eigenvalue weighted by atomic mass is 16.5. The van der Waals surface area contributed by atoms with E-state index in [4.69, 9.17) is 19.4 Å². The number of para-hydroxylation sites is 2. The van der Waals surface area contributed by atoms with E-state index in [9.17, 15) is 10.2 Å². The number of phenols is 2. The molecule has 0 unspecified atom stereocenters. The quantitative estimate of drug-likeness (QED) is 0.0764. The van der Waals surface area contributed by atoms with Gasteiger partial charge in [0.05, 0.1) is 11.4 Å². The Kier molecular flexibility index (Phi) is 17.3. The number of aromatic nitrogens is 4. The number of nitrogens with zero attached hydrogens (tertiary/aromatic N) is 6. The fourth-order valence-electron chi connectivity index (χ4n) is 10.9. The number of hydrogen-bond acceptors (Lipinski definition) is 10. The summed E-state index contributed by atoms with van der Waals surface area (Å²) in [6, 6.07) is 65.9. The number of benzene rings is 6. The lowest BCUT2D eigenvalue weighted by atomic mass is 9.89. The second-order valence-corrected chi connectivity index (χ2v) is 20.8. The van der Waals surface area contributed by atoms with Crippen molar-refractivity contribution < 1.29 is 19.7 Å². The van der Waals surface area contributed by atoms with Crippen molar-refractivity contribution in [3.05, 3.63) is 308 Å². The molecular formula is C70H66N6O4. The third-order valence-electron chi connectivity index (χ3n) is 14.8. The fourth-order valence-corrected chi connectivity index (χ4v) is 10.9. The minimum absolute atomic E-state index is 0.246. The van der Waals surface area contributed by atoms with Crippen LogP contribution in [0.1, 0.15) is 89.5 Å². The maximum absolute atomic E-state index is 12.7. The molecule has 0 saturated heterocycles. The van der Waals surface area contributed by atoms with Gasteiger partial charge in [0.1, 0.15) is 36.2 Å². The SMILES string of the molecule is Oc1c2cc(CN(CCc3ccccn3)Cc3ccccn3)cc1Cc1cccc(c1OCc1ccccc1)Cc1cc(CN(CCc3ccccn3)Cc3ccccn3)cc(c1O)Cc1cccc(c1OCc1ccccc1)C2. The molecule has 1 aliphatic rings. The van der Waals surface area contributed by atoms with Crippen LogP contribution in [-0.2, 0) is 77.9 Å². The van der Waals surface area contributed by atoms with Crippen molar-refractivity contribution in [3.8, 4) is 23.0 Å². The summed E-state index contributed by atoms with van der Waals surface area (Å²) in [5.41, 5.74) is 15.2. The number of hydrogen-bond donors (Lipinski definition) is 2. The zero-order valence-electron chi connectivity index (χ0n) is 45.1. The summed E-state index contributed by atoms with van der Waals surface area (Å²) in [6.07, 6.45) is 10.5. The van der Waals surface area contributed by atoms with E-state index in [0.29, 0.717) is 65.1 Å². The van der Waals surface area contributed by atoms with E-state index in [2.05, 4.69) is 129 Å². The highest BCUT2D eigenvalue weighted by molar-refractivity contribution is 5.57. The van der Waals surface area contributed by atoms with E-state index in [1.165, 1.54) is 0 Å². The molecule has 80 heavy (non-hydrogen) atoms. The third-order valence-corrected chi connectivity index (χ3v) is 14.8. The molecule has 1 aliphatic carbocycles. The van der Waals surface area contributed by atoms with E-state index in [-0.39, 0.29) is 11.5 Å². The predicted octanol–water partition coefficient (Wildman–Crippen LogP) is 13.0. The Morgan fingerprint density at radius 1 is 0.325 bits per heavy atom. The first kappa shape index (κ1) is 53.1. The molecule has 8 bridgehead atoms. The van der Waals surface area contributed by atoms with E-state index in [1.807, 2.05) is 110 Å². The Morgan fingerprint density at radius 3 is 0.975 bits per heavy atom. The second-order valence-electron chi connectivity index (χ2n) is 20.8. The number of ether oxygens (including phenoxy) is 2. The van der Waals surface area contributed by atoms with Crippen LogP contribution in [-0.4, -0.2) is 53.0 Å². The van der Waals surface area contributed by atoms with Gasteiger partial charge >= 0.3 is 0 Å². The van der Waals surface area contributed by atoms with Gasteiger partial charge in [-0.05, 0) is 115 Å². The van der Waals surface area contributed by atoms with Crippen LogP contribution in [0.5, 0.6) is 23.0 Å². The predicted molar refractivity (Wildman–Crippen MR) is 314 cm³/mol. The van der Waals surface area contributed by atoms with Crippen molar-refractivity contribution >= 4 is 0 Å². The van der Waals surface area contributed by atoms with E-state index in [1.54, 1.807) is 0 Å². The molecule has 11 rings (SSSR count). The highest BCUT2D eigenvalue weighted by Gasteiger charge is 2.24. The van der Waals surface area contributed by atoms with Gasteiger partial charge < -0.3 is 19.7 Å². The molecule has 10 nitrogen and oxygen atoms in total. The Bertz CT molecular complexity index is 3260. The van der Waals surface area contributed by atoms with Crippen LogP contribution >= 0.6 is 0 Å². The highest BCUT2D eigenvalue weighted by Crippen LogP contribution is 2.40. The lowest BCUT2D eigenvalue weighted by Crippen LogP contribution is -2.26. The standard InChI is InChI=1S/C70H66N6O4/c77-67-59-37-53(45-75(47-65-27-9-13-33-73-65)35-29-63-25-7-11-31-71-63)39-61(67)43-57-23-16-24-58(70(57)80-50-52-19-5-2-6-20-52)44-62-40-54(46-76(48-66-28-10-14-34-74-66)36-30-64-26-8-12-32-72-64)38-60(68(62)78)42-56-22-15-21-55(41-59)69(56)79-49-51-17-3-1-4-18-51/h1-28,31-34,37-40,77-78H,29-30,35-36,41-50H2. The summed E-state index contributed by atoms with van der Waals surface area (Å²) < 4.78 is 14.0. The van der Waals surface area contributed by atoms with E-state index in [0.717, 1.165) is 127 Å². The minimum atomic E-state index is 0.246. The van der Waals surface area contributed by atoms with Gasteiger partial charge in [-0.3, -0.25) is 29.7 Å². The molecule has 4 aromatic heterocycles. The average Bonchev–Trinajstić information content (AvgIpc) is 3.51. The molecule has 0 radical (unpaired) electrons. The first-order valence-corrected chi connectivity index (χ1v) is 27.7. The summed E-state index contributed by atoms with van der Waals surface area (Å²) in [5, 5.41) is 25.5. The molecule has 6 aromatic carbocycles. The van der Waals surface area contributed by atoms with Crippen LogP contribution in [0.15, 0.2) is 219 Å². The van der Waals surface area contributed by atoms with Gasteiger partial charge in [0, 0.05) is 114 Å². The van der Waals surface area contributed by atoms with Gasteiger partial charge in [0.25, 0.3) is 0 Å². The molecule has 0 saturated carbocycles. The molecule has 4 heterocycles. The van der Waals surface area contributed by atoms with Gasteiger partial charge in [0.2, 0.25) is 0 Å². The number of pyridine rings is 4. The Morgan fingerprint density at radius 2 is 0.650 bits per heavy atom. The lowest BCUT2D eigenvalue weighted by Gasteiger charge is -2.25. The minimum Gasteiger partial charge on any atom is -0.507 e. The Labute approximate surface area is 469 Å². The first-order chi connectivity index (χ1) is 39.4. The third kappa shape index (κ3) is 14.0. The van der Waals surface area contributed by atoms with Crippen LogP contribution in [0.2, 0.25) is 0 Å². The van der Waals surface area contributed by atoms with Gasteiger partial charge in [-0.2, -0.15) is 0 Å². The topological polar surface area (TPSA) is 117 Å². The largest absolute Gasteiger partial charge is 0.507 e. The molecule has 0 aliphatic heterocycles. The maximum Gasteiger partial charge on any atom is 0.126 e. The Balaban J connectivity index is 1.03. The Hall–Kier alpha value is -8.96. The summed E-state index contributed by atoms with van der Waals surface area (Å²) in [6.45, 7) is 4.68.